The molecule has 0 spiro atoms. The van der Waals surface area contributed by atoms with Crippen molar-refractivity contribution in [3.63, 3.8) is 0 Å². The van der Waals surface area contributed by atoms with Crippen LogP contribution >= 0.6 is 0 Å². The molecular weight excluding hydrogens is 310 g/mol. The monoisotopic (exact) mass is 328 g/mol. The van der Waals surface area contributed by atoms with Crippen LogP contribution in [-0.4, -0.2) is 47.6 Å². The molecule has 6 nitrogen and oxygen atoms in total. The van der Waals surface area contributed by atoms with Gasteiger partial charge in [-0.15, -0.1) is 0 Å². The fourth-order valence-corrected chi connectivity index (χ4v) is 2.56. The second kappa shape index (κ2) is 7.87. The second-order valence-electron chi connectivity index (χ2n) is 5.27. The summed E-state index contributed by atoms with van der Waals surface area (Å²) in [6.07, 6.45) is 2.22. The maximum Gasteiger partial charge on any atom is 0.387 e. The van der Waals surface area contributed by atoms with Crippen molar-refractivity contribution in [3.8, 4) is 5.75 Å². The molecule has 23 heavy (non-hydrogen) atoms. The van der Waals surface area contributed by atoms with Crippen molar-refractivity contribution in [1.29, 1.82) is 0 Å². The van der Waals surface area contributed by atoms with E-state index in [0.717, 1.165) is 12.8 Å². The first-order valence-corrected chi connectivity index (χ1v) is 7.27. The minimum Gasteiger partial charge on any atom is -0.480 e. The van der Waals surface area contributed by atoms with Gasteiger partial charge in [0.2, 0.25) is 5.91 Å². The Hall–Kier alpha value is -2.22. The number of likely N-dealkylation sites (tertiary alicyclic amines) is 1. The summed E-state index contributed by atoms with van der Waals surface area (Å²) in [5.41, 5.74) is 0.431. The summed E-state index contributed by atoms with van der Waals surface area (Å²) in [4.78, 5) is 24.8. The predicted molar refractivity (Wildman–Crippen MR) is 78.6 cm³/mol. The van der Waals surface area contributed by atoms with Crippen LogP contribution in [0.1, 0.15) is 19.3 Å². The van der Waals surface area contributed by atoms with Gasteiger partial charge in [0.05, 0.1) is 6.54 Å². The van der Waals surface area contributed by atoms with E-state index >= 15 is 0 Å². The van der Waals surface area contributed by atoms with E-state index in [-0.39, 0.29) is 18.2 Å². The van der Waals surface area contributed by atoms with Crippen LogP contribution in [0.2, 0.25) is 0 Å². The number of benzene rings is 1. The fraction of sp³-hybridized carbons (Fsp3) is 0.467. The zero-order valence-electron chi connectivity index (χ0n) is 12.4. The number of ether oxygens (including phenoxy) is 1. The Balaban J connectivity index is 1.89. The summed E-state index contributed by atoms with van der Waals surface area (Å²) in [5.74, 6) is -1.27. The number of carboxylic acid groups (broad SMARTS) is 1. The Labute approximate surface area is 132 Å². The van der Waals surface area contributed by atoms with E-state index in [0.29, 0.717) is 18.7 Å². The Kier molecular flexibility index (Phi) is 5.86. The van der Waals surface area contributed by atoms with Crippen molar-refractivity contribution >= 4 is 17.6 Å². The van der Waals surface area contributed by atoms with Gasteiger partial charge in [0.1, 0.15) is 11.8 Å². The van der Waals surface area contributed by atoms with Crippen LogP contribution in [0.15, 0.2) is 24.3 Å². The highest BCUT2D eigenvalue weighted by Crippen LogP contribution is 2.19. The molecule has 1 atom stereocenters. The van der Waals surface area contributed by atoms with Crippen LogP contribution in [0.3, 0.4) is 0 Å². The van der Waals surface area contributed by atoms with Gasteiger partial charge in [-0.1, -0.05) is 6.42 Å². The van der Waals surface area contributed by atoms with Crippen molar-refractivity contribution in [2.45, 2.75) is 31.9 Å². The zero-order valence-corrected chi connectivity index (χ0v) is 12.4. The third-order valence-corrected chi connectivity index (χ3v) is 3.61. The number of carboxylic acids is 1. The maximum atomic E-state index is 12.0. The molecular formula is C15H18F2N2O4. The van der Waals surface area contributed by atoms with E-state index in [1.807, 2.05) is 0 Å². The summed E-state index contributed by atoms with van der Waals surface area (Å²) in [5, 5.41) is 11.8. The molecule has 0 saturated carbocycles. The number of hydrogen-bond donors (Lipinski definition) is 2. The number of carbonyl (C=O) groups excluding carboxylic acids is 1. The molecule has 0 radical (unpaired) electrons. The maximum absolute atomic E-state index is 12.0. The van der Waals surface area contributed by atoms with Crippen molar-refractivity contribution in [3.05, 3.63) is 24.3 Å². The van der Waals surface area contributed by atoms with Crippen LogP contribution in [-0.2, 0) is 9.59 Å². The topological polar surface area (TPSA) is 78.9 Å². The van der Waals surface area contributed by atoms with Gasteiger partial charge in [-0.25, -0.2) is 0 Å². The van der Waals surface area contributed by atoms with Gasteiger partial charge in [0.15, 0.2) is 0 Å². The summed E-state index contributed by atoms with van der Waals surface area (Å²) in [6.45, 7) is -2.36. The molecule has 1 amide bonds. The number of carbonyl (C=O) groups is 2. The van der Waals surface area contributed by atoms with Crippen molar-refractivity contribution in [2.24, 2.45) is 0 Å². The Morgan fingerprint density at radius 1 is 1.30 bits per heavy atom. The normalized spacial score (nSPS) is 18.7. The third kappa shape index (κ3) is 5.17. The lowest BCUT2D eigenvalue weighted by atomic mass is 10.0. The predicted octanol–water partition coefficient (Wildman–Crippen LogP) is 2.17. The quantitative estimate of drug-likeness (QED) is 0.837. The molecule has 0 aromatic heterocycles. The van der Waals surface area contributed by atoms with Crippen LogP contribution in [0.5, 0.6) is 5.75 Å². The molecule has 1 aliphatic heterocycles. The number of nitrogens with zero attached hydrogens (tertiary/aromatic N) is 1. The van der Waals surface area contributed by atoms with E-state index in [1.54, 1.807) is 4.90 Å². The molecule has 1 aliphatic rings. The van der Waals surface area contributed by atoms with E-state index in [4.69, 9.17) is 5.11 Å². The van der Waals surface area contributed by atoms with Crippen LogP contribution in [0, 0.1) is 0 Å². The van der Waals surface area contributed by atoms with Crippen LogP contribution in [0.4, 0.5) is 14.5 Å². The average Bonchev–Trinajstić information content (AvgIpc) is 2.49. The molecule has 1 aromatic carbocycles. The number of piperidine rings is 1. The standard InChI is InChI=1S/C15H18F2N2O4/c16-15(17)23-11-6-4-10(5-7-11)18-13(20)9-19-8-2-1-3-12(19)14(21)22/h4-7,12,15H,1-3,8-9H2,(H,18,20)(H,21,22). The average molecular weight is 328 g/mol. The molecule has 8 heteroatoms. The highest BCUT2D eigenvalue weighted by Gasteiger charge is 2.29. The minimum absolute atomic E-state index is 0.0000271. The Morgan fingerprint density at radius 3 is 2.61 bits per heavy atom. The van der Waals surface area contributed by atoms with Gasteiger partial charge in [-0.2, -0.15) is 8.78 Å². The lowest BCUT2D eigenvalue weighted by Gasteiger charge is -2.32. The number of nitrogens with one attached hydrogen (secondary N) is 1. The smallest absolute Gasteiger partial charge is 0.387 e. The number of anilines is 1. The molecule has 1 aromatic rings. The molecule has 0 bridgehead atoms. The van der Waals surface area contributed by atoms with Gasteiger partial charge in [-0.05, 0) is 43.7 Å². The fourth-order valence-electron chi connectivity index (χ4n) is 2.56. The lowest BCUT2D eigenvalue weighted by molar-refractivity contribution is -0.145. The first kappa shape index (κ1) is 17.1. The van der Waals surface area contributed by atoms with Crippen LogP contribution in [0.25, 0.3) is 0 Å². The number of halogens is 2. The molecule has 1 heterocycles. The van der Waals surface area contributed by atoms with Crippen molar-refractivity contribution < 1.29 is 28.2 Å². The molecule has 1 saturated heterocycles. The number of amides is 1. The number of rotatable bonds is 6. The summed E-state index contributed by atoms with van der Waals surface area (Å²) >= 11 is 0. The Morgan fingerprint density at radius 2 is 2.00 bits per heavy atom. The van der Waals surface area contributed by atoms with Crippen molar-refractivity contribution in [2.75, 3.05) is 18.4 Å². The SMILES string of the molecule is O=C(CN1CCCCC1C(=O)O)Nc1ccc(OC(F)F)cc1. The lowest BCUT2D eigenvalue weighted by Crippen LogP contribution is -2.47. The van der Waals surface area contributed by atoms with Gasteiger partial charge >= 0.3 is 12.6 Å². The highest BCUT2D eigenvalue weighted by atomic mass is 19.3. The highest BCUT2D eigenvalue weighted by molar-refractivity contribution is 5.92. The molecule has 1 unspecified atom stereocenters. The zero-order chi connectivity index (χ0) is 16.8. The number of aliphatic carboxylic acids is 1. The molecule has 1 fully saturated rings. The van der Waals surface area contributed by atoms with E-state index in [9.17, 15) is 18.4 Å². The molecule has 0 aliphatic carbocycles. The molecule has 126 valence electrons. The number of hydrogen-bond acceptors (Lipinski definition) is 4. The Bertz CT molecular complexity index is 551. The second-order valence-corrected chi connectivity index (χ2v) is 5.27. The first-order valence-electron chi connectivity index (χ1n) is 7.27. The first-order chi connectivity index (χ1) is 11.0. The van der Waals surface area contributed by atoms with Crippen LogP contribution < -0.4 is 10.1 Å². The van der Waals surface area contributed by atoms with Gasteiger partial charge in [0.25, 0.3) is 0 Å². The minimum atomic E-state index is -2.90. The summed E-state index contributed by atoms with van der Waals surface area (Å²) < 4.78 is 28.3. The number of alkyl halides is 2. The van der Waals surface area contributed by atoms with E-state index < -0.39 is 18.6 Å². The van der Waals surface area contributed by atoms with Gasteiger partial charge in [0, 0.05) is 5.69 Å². The molecule has 2 rings (SSSR count). The van der Waals surface area contributed by atoms with E-state index in [1.165, 1.54) is 24.3 Å². The van der Waals surface area contributed by atoms with Crippen molar-refractivity contribution in [1.82, 2.24) is 4.90 Å². The molecule has 2 N–H and O–H groups in total. The van der Waals surface area contributed by atoms with Gasteiger partial charge in [-0.3, -0.25) is 14.5 Å². The summed E-state index contributed by atoms with van der Waals surface area (Å²) in [7, 11) is 0. The van der Waals surface area contributed by atoms with Gasteiger partial charge < -0.3 is 15.2 Å². The largest absolute Gasteiger partial charge is 0.480 e. The third-order valence-electron chi connectivity index (χ3n) is 3.61. The summed E-state index contributed by atoms with van der Waals surface area (Å²) in [6, 6.07) is 4.89. The van der Waals surface area contributed by atoms with E-state index in [2.05, 4.69) is 10.1 Å².